The highest BCUT2D eigenvalue weighted by Crippen LogP contribution is 2.28. The summed E-state index contributed by atoms with van der Waals surface area (Å²) in [5.41, 5.74) is 1.13. The Bertz CT molecular complexity index is 310. The Morgan fingerprint density at radius 2 is 2.00 bits per heavy atom. The summed E-state index contributed by atoms with van der Waals surface area (Å²) in [4.78, 5) is 0.287. The molecule has 0 amide bonds. The molecule has 1 aromatic carbocycles. The second-order valence-corrected chi connectivity index (χ2v) is 4.11. The lowest BCUT2D eigenvalue weighted by Gasteiger charge is -2.20. The fourth-order valence-electron chi connectivity index (χ4n) is 1.32. The highest BCUT2D eigenvalue weighted by atomic mass is 79.9. The molecule has 3 heteroatoms. The second kappa shape index (κ2) is 3.50. The number of benzene rings is 1. The normalized spacial score (nSPS) is 26.8. The topological polar surface area (TPSA) is 15.6 Å². The summed E-state index contributed by atoms with van der Waals surface area (Å²) < 4.78 is 0. The van der Waals surface area contributed by atoms with E-state index in [-0.39, 0.29) is 4.95 Å². The summed E-state index contributed by atoms with van der Waals surface area (Å²) in [5, 5.41) is 6.32. The predicted octanol–water partition coefficient (Wildman–Crippen LogP) is 2.85. The molecule has 0 bridgehead atoms. The number of rotatable bonds is 1. The number of anilines is 1. The van der Waals surface area contributed by atoms with Gasteiger partial charge < -0.3 is 0 Å². The van der Waals surface area contributed by atoms with E-state index in [1.54, 1.807) is 0 Å². The van der Waals surface area contributed by atoms with Crippen molar-refractivity contribution in [1.29, 1.82) is 0 Å². The van der Waals surface area contributed by atoms with Gasteiger partial charge in [-0.3, -0.25) is 5.01 Å². The Kier molecular flexibility index (Phi) is 2.36. The van der Waals surface area contributed by atoms with Crippen LogP contribution in [0.4, 0.5) is 5.69 Å². The van der Waals surface area contributed by atoms with Crippen molar-refractivity contribution in [3.8, 4) is 0 Å². The zero-order valence-corrected chi connectivity index (χ0v) is 8.98. The van der Waals surface area contributed by atoms with Crippen molar-refractivity contribution in [1.82, 2.24) is 0 Å². The summed E-state index contributed by atoms with van der Waals surface area (Å²) in [6.45, 7) is 2.14. The molecule has 2 atom stereocenters. The lowest BCUT2D eigenvalue weighted by molar-refractivity contribution is 0.741. The molecule has 0 radical (unpaired) electrons. The van der Waals surface area contributed by atoms with Gasteiger partial charge in [-0.2, -0.15) is 5.10 Å². The molecule has 68 valence electrons. The number of para-hydroxylation sites is 1. The predicted molar refractivity (Wildman–Crippen MR) is 59.3 cm³/mol. The first-order valence-electron chi connectivity index (χ1n) is 4.31. The Balaban J connectivity index is 2.24. The van der Waals surface area contributed by atoms with Gasteiger partial charge in [-0.25, -0.2) is 0 Å². The van der Waals surface area contributed by atoms with Gasteiger partial charge >= 0.3 is 0 Å². The van der Waals surface area contributed by atoms with Crippen molar-refractivity contribution < 1.29 is 0 Å². The molecule has 0 aliphatic carbocycles. The smallest absolute Gasteiger partial charge is 0.115 e. The summed E-state index contributed by atoms with van der Waals surface area (Å²) >= 11 is 3.61. The largest absolute Gasteiger partial charge is 0.252 e. The van der Waals surface area contributed by atoms with Crippen LogP contribution in [0.5, 0.6) is 0 Å². The van der Waals surface area contributed by atoms with Crippen LogP contribution in [0.3, 0.4) is 0 Å². The van der Waals surface area contributed by atoms with E-state index in [4.69, 9.17) is 0 Å². The van der Waals surface area contributed by atoms with E-state index in [0.717, 1.165) is 5.69 Å². The summed E-state index contributed by atoms with van der Waals surface area (Å²) in [7, 11) is 0. The van der Waals surface area contributed by atoms with Crippen LogP contribution in [0, 0.1) is 5.92 Å². The Labute approximate surface area is 86.4 Å². The maximum atomic E-state index is 4.33. The fourth-order valence-corrected chi connectivity index (χ4v) is 1.80. The zero-order valence-electron chi connectivity index (χ0n) is 7.39. The van der Waals surface area contributed by atoms with Crippen molar-refractivity contribution in [2.75, 3.05) is 5.01 Å². The molecule has 2 nitrogen and oxygen atoms in total. The summed E-state index contributed by atoms with van der Waals surface area (Å²) in [6, 6.07) is 10.2. The van der Waals surface area contributed by atoms with Crippen molar-refractivity contribution in [3.05, 3.63) is 30.3 Å². The van der Waals surface area contributed by atoms with E-state index >= 15 is 0 Å². The lowest BCUT2D eigenvalue weighted by Crippen LogP contribution is -2.24. The van der Waals surface area contributed by atoms with E-state index in [1.807, 2.05) is 29.4 Å². The van der Waals surface area contributed by atoms with Crippen LogP contribution in [0.1, 0.15) is 6.92 Å². The molecule has 1 aliphatic heterocycles. The molecule has 0 saturated heterocycles. The van der Waals surface area contributed by atoms with Gasteiger partial charge in [-0.05, 0) is 12.1 Å². The Morgan fingerprint density at radius 3 is 2.54 bits per heavy atom. The van der Waals surface area contributed by atoms with Gasteiger partial charge in [0.2, 0.25) is 0 Å². The van der Waals surface area contributed by atoms with Gasteiger partial charge in [0.1, 0.15) is 4.95 Å². The molecular formula is C10H11BrN2. The van der Waals surface area contributed by atoms with Crippen LogP contribution in [-0.2, 0) is 0 Å². The average Bonchev–Trinajstić information content (AvgIpc) is 2.49. The van der Waals surface area contributed by atoms with Crippen molar-refractivity contribution >= 4 is 27.8 Å². The molecule has 1 aromatic rings. The van der Waals surface area contributed by atoms with Gasteiger partial charge in [-0.15, -0.1) is 0 Å². The molecule has 0 saturated carbocycles. The van der Waals surface area contributed by atoms with Gasteiger partial charge in [0.15, 0.2) is 0 Å². The quantitative estimate of drug-likeness (QED) is 0.543. The zero-order chi connectivity index (χ0) is 9.26. The average molecular weight is 239 g/mol. The second-order valence-electron chi connectivity index (χ2n) is 3.18. The van der Waals surface area contributed by atoms with E-state index in [1.165, 1.54) is 0 Å². The van der Waals surface area contributed by atoms with E-state index < -0.39 is 0 Å². The van der Waals surface area contributed by atoms with Gasteiger partial charge in [0.05, 0.1) is 5.69 Å². The third kappa shape index (κ3) is 1.61. The maximum absolute atomic E-state index is 4.33. The maximum Gasteiger partial charge on any atom is 0.115 e. The standard InChI is InChI=1S/C10H11BrN2/c1-8-7-12-13(10(8)11)9-5-3-2-4-6-9/h2-8,10H,1H3. The third-order valence-electron chi connectivity index (χ3n) is 2.11. The van der Waals surface area contributed by atoms with E-state index in [9.17, 15) is 0 Å². The van der Waals surface area contributed by atoms with Gasteiger partial charge in [0.25, 0.3) is 0 Å². The molecule has 2 unspecified atom stereocenters. The number of hydrazone groups is 1. The third-order valence-corrected chi connectivity index (χ3v) is 3.34. The first-order valence-corrected chi connectivity index (χ1v) is 5.23. The molecule has 0 aromatic heterocycles. The number of halogens is 1. The van der Waals surface area contributed by atoms with Crippen molar-refractivity contribution in [2.24, 2.45) is 11.0 Å². The number of hydrogen-bond donors (Lipinski definition) is 0. The molecular weight excluding hydrogens is 228 g/mol. The number of hydrogen-bond acceptors (Lipinski definition) is 2. The first-order chi connectivity index (χ1) is 6.29. The number of nitrogens with zero attached hydrogens (tertiary/aromatic N) is 2. The molecule has 0 N–H and O–H groups in total. The molecule has 0 spiro atoms. The highest BCUT2D eigenvalue weighted by molar-refractivity contribution is 9.09. The molecule has 1 aliphatic rings. The van der Waals surface area contributed by atoms with Crippen LogP contribution in [0.2, 0.25) is 0 Å². The molecule has 0 fully saturated rings. The van der Waals surface area contributed by atoms with Crippen LogP contribution < -0.4 is 5.01 Å². The van der Waals surface area contributed by atoms with Crippen LogP contribution in [0.15, 0.2) is 35.4 Å². The summed E-state index contributed by atoms with van der Waals surface area (Å²) in [6.07, 6.45) is 1.96. The highest BCUT2D eigenvalue weighted by Gasteiger charge is 2.25. The summed E-state index contributed by atoms with van der Waals surface area (Å²) in [5.74, 6) is 0.459. The Morgan fingerprint density at radius 1 is 1.31 bits per heavy atom. The van der Waals surface area contributed by atoms with Crippen molar-refractivity contribution in [2.45, 2.75) is 11.9 Å². The monoisotopic (exact) mass is 238 g/mol. The molecule has 1 heterocycles. The minimum Gasteiger partial charge on any atom is -0.252 e. The fraction of sp³-hybridized carbons (Fsp3) is 0.300. The minimum absolute atomic E-state index is 0.287. The van der Waals surface area contributed by atoms with Crippen LogP contribution in [0.25, 0.3) is 0 Å². The molecule has 2 rings (SSSR count). The van der Waals surface area contributed by atoms with Crippen molar-refractivity contribution in [3.63, 3.8) is 0 Å². The Hall–Kier alpha value is -0.830. The van der Waals surface area contributed by atoms with Gasteiger partial charge in [-0.1, -0.05) is 41.1 Å². The molecule has 13 heavy (non-hydrogen) atoms. The lowest BCUT2D eigenvalue weighted by atomic mass is 10.2. The van der Waals surface area contributed by atoms with Crippen LogP contribution >= 0.6 is 15.9 Å². The van der Waals surface area contributed by atoms with Gasteiger partial charge in [0, 0.05) is 12.1 Å². The minimum atomic E-state index is 0.287. The van der Waals surface area contributed by atoms with E-state index in [2.05, 4.69) is 40.1 Å². The SMILES string of the molecule is CC1C=NN(c2ccccc2)C1Br. The van der Waals surface area contributed by atoms with E-state index in [0.29, 0.717) is 5.92 Å². The van der Waals surface area contributed by atoms with Crippen LogP contribution in [-0.4, -0.2) is 11.2 Å². The first kappa shape index (κ1) is 8.75. The number of alkyl halides is 1.